The third-order valence-corrected chi connectivity index (χ3v) is 1.45. The number of carbonyl (C=O) groups excluding carboxylic acids is 1. The highest BCUT2D eigenvalue weighted by molar-refractivity contribution is 5.48. The maximum atomic E-state index is 10.1. The Morgan fingerprint density at radius 2 is 2.55 bits per heavy atom. The average molecular weight is 153 g/mol. The summed E-state index contributed by atoms with van der Waals surface area (Å²) in [6, 6.07) is 0. The minimum absolute atomic E-state index is 0.315. The van der Waals surface area contributed by atoms with E-state index in [9.17, 15) is 4.79 Å². The first kappa shape index (κ1) is 7.91. The summed E-state index contributed by atoms with van der Waals surface area (Å²) in [7, 11) is 0. The van der Waals surface area contributed by atoms with E-state index in [1.807, 2.05) is 0 Å². The Morgan fingerprint density at radius 1 is 1.73 bits per heavy atom. The van der Waals surface area contributed by atoms with Crippen molar-refractivity contribution in [1.82, 2.24) is 15.0 Å². The summed E-state index contributed by atoms with van der Waals surface area (Å²) in [6.45, 7) is 2.40. The average Bonchev–Trinajstić information content (AvgIpc) is 2.39. The minimum Gasteiger partial charge on any atom is -0.301 e. The van der Waals surface area contributed by atoms with Crippen LogP contribution in [-0.4, -0.2) is 21.3 Å². The van der Waals surface area contributed by atoms with Crippen molar-refractivity contribution in [2.24, 2.45) is 0 Å². The van der Waals surface area contributed by atoms with E-state index in [1.165, 1.54) is 0 Å². The van der Waals surface area contributed by atoms with Crippen molar-refractivity contribution in [2.75, 3.05) is 0 Å². The monoisotopic (exact) mass is 153 g/mol. The number of aldehydes is 1. The second-order valence-electron chi connectivity index (χ2n) is 2.32. The van der Waals surface area contributed by atoms with E-state index in [0.29, 0.717) is 6.54 Å². The molecule has 0 bridgehead atoms. The molecule has 1 aromatic heterocycles. The Bertz CT molecular complexity index is 231. The summed E-state index contributed by atoms with van der Waals surface area (Å²) in [5.41, 5.74) is 1.03. The molecule has 0 spiro atoms. The van der Waals surface area contributed by atoms with Crippen LogP contribution in [0.4, 0.5) is 0 Å². The lowest BCUT2D eigenvalue weighted by Crippen LogP contribution is -2.05. The molecule has 0 aliphatic rings. The van der Waals surface area contributed by atoms with Gasteiger partial charge in [-0.1, -0.05) is 18.6 Å². The zero-order chi connectivity index (χ0) is 8.10. The highest BCUT2D eigenvalue weighted by Crippen LogP contribution is 1.98. The Hall–Kier alpha value is -1.19. The van der Waals surface area contributed by atoms with Gasteiger partial charge in [-0.2, -0.15) is 0 Å². The molecule has 0 aromatic carbocycles. The predicted octanol–water partition coefficient (Wildman–Crippen LogP) is 0.429. The van der Waals surface area contributed by atoms with Gasteiger partial charge in [0, 0.05) is 0 Å². The number of hydrogen-bond acceptors (Lipinski definition) is 3. The molecule has 1 aromatic rings. The molecule has 11 heavy (non-hydrogen) atoms. The van der Waals surface area contributed by atoms with Crippen molar-refractivity contribution in [3.8, 4) is 0 Å². The number of hydrogen-bond donors (Lipinski definition) is 0. The van der Waals surface area contributed by atoms with E-state index in [0.717, 1.165) is 24.8 Å². The van der Waals surface area contributed by atoms with Gasteiger partial charge in [-0.25, -0.2) is 4.68 Å². The molecule has 0 aliphatic carbocycles. The summed E-state index contributed by atoms with van der Waals surface area (Å²) >= 11 is 0. The van der Waals surface area contributed by atoms with Gasteiger partial charge in [0.15, 0.2) is 0 Å². The zero-order valence-electron chi connectivity index (χ0n) is 6.53. The first-order valence-electron chi connectivity index (χ1n) is 3.69. The lowest BCUT2D eigenvalue weighted by Gasteiger charge is -1.98. The number of rotatable bonds is 4. The van der Waals surface area contributed by atoms with E-state index < -0.39 is 0 Å². The Kier molecular flexibility index (Phi) is 2.77. The van der Waals surface area contributed by atoms with Gasteiger partial charge in [0.2, 0.25) is 0 Å². The summed E-state index contributed by atoms with van der Waals surface area (Å²) in [5.74, 6) is 0. The molecule has 1 heterocycles. The zero-order valence-corrected chi connectivity index (χ0v) is 6.53. The highest BCUT2D eigenvalue weighted by atomic mass is 16.1. The smallest absolute Gasteiger partial charge is 0.141 e. The van der Waals surface area contributed by atoms with Crippen LogP contribution >= 0.6 is 0 Å². The maximum Gasteiger partial charge on any atom is 0.141 e. The fourth-order valence-corrected chi connectivity index (χ4v) is 0.953. The third-order valence-electron chi connectivity index (χ3n) is 1.45. The molecule has 1 rings (SSSR count). The van der Waals surface area contributed by atoms with Crippen LogP contribution in [0.15, 0.2) is 6.20 Å². The van der Waals surface area contributed by atoms with Crippen molar-refractivity contribution in [3.63, 3.8) is 0 Å². The van der Waals surface area contributed by atoms with Crippen LogP contribution in [0.25, 0.3) is 0 Å². The molecule has 0 N–H and O–H groups in total. The number of aryl methyl sites for hydroxylation is 1. The van der Waals surface area contributed by atoms with Crippen LogP contribution in [0.5, 0.6) is 0 Å². The van der Waals surface area contributed by atoms with Gasteiger partial charge in [-0.15, -0.1) is 5.10 Å². The van der Waals surface area contributed by atoms with Crippen molar-refractivity contribution >= 4 is 6.29 Å². The molecule has 0 radical (unpaired) electrons. The van der Waals surface area contributed by atoms with Crippen LogP contribution in [0.1, 0.15) is 19.0 Å². The van der Waals surface area contributed by atoms with Crippen molar-refractivity contribution in [3.05, 3.63) is 11.9 Å². The van der Waals surface area contributed by atoms with Crippen molar-refractivity contribution in [1.29, 1.82) is 0 Å². The number of carbonyl (C=O) groups is 1. The van der Waals surface area contributed by atoms with Gasteiger partial charge in [0.1, 0.15) is 6.29 Å². The first-order valence-corrected chi connectivity index (χ1v) is 3.69. The van der Waals surface area contributed by atoms with Crippen LogP contribution in [-0.2, 0) is 17.8 Å². The molecule has 0 unspecified atom stereocenters. The molecule has 60 valence electrons. The van der Waals surface area contributed by atoms with E-state index in [2.05, 4.69) is 17.2 Å². The standard InChI is InChI=1S/C7H11N3O/c1-2-3-7-6-8-9-10(7)4-5-11/h5-6H,2-4H2,1H3. The van der Waals surface area contributed by atoms with Gasteiger partial charge < -0.3 is 4.79 Å². The molecule has 0 aliphatic heterocycles. The summed E-state index contributed by atoms with van der Waals surface area (Å²) < 4.78 is 1.62. The first-order chi connectivity index (χ1) is 5.38. The number of nitrogens with zero attached hydrogens (tertiary/aromatic N) is 3. The van der Waals surface area contributed by atoms with Crippen molar-refractivity contribution < 1.29 is 4.79 Å². The van der Waals surface area contributed by atoms with Crippen LogP contribution < -0.4 is 0 Å². The molecule has 0 saturated heterocycles. The van der Waals surface area contributed by atoms with Gasteiger partial charge in [-0.05, 0) is 6.42 Å². The van der Waals surface area contributed by atoms with E-state index in [1.54, 1.807) is 10.9 Å². The Morgan fingerprint density at radius 3 is 3.18 bits per heavy atom. The van der Waals surface area contributed by atoms with Crippen molar-refractivity contribution in [2.45, 2.75) is 26.3 Å². The molecule has 0 atom stereocenters. The minimum atomic E-state index is 0.315. The third kappa shape index (κ3) is 1.86. The topological polar surface area (TPSA) is 47.8 Å². The van der Waals surface area contributed by atoms with Gasteiger partial charge in [-0.3, -0.25) is 0 Å². The predicted molar refractivity (Wildman–Crippen MR) is 40.1 cm³/mol. The molecule has 0 saturated carbocycles. The van der Waals surface area contributed by atoms with Gasteiger partial charge in [0.25, 0.3) is 0 Å². The molecular formula is C7H11N3O. The molecule has 4 heteroatoms. The van der Waals surface area contributed by atoms with E-state index >= 15 is 0 Å². The maximum absolute atomic E-state index is 10.1. The second kappa shape index (κ2) is 3.85. The Labute approximate surface area is 65.2 Å². The lowest BCUT2D eigenvalue weighted by molar-refractivity contribution is -0.108. The Balaban J connectivity index is 2.69. The molecule has 4 nitrogen and oxygen atoms in total. The SMILES string of the molecule is CCCc1cnnn1CC=O. The largest absolute Gasteiger partial charge is 0.301 e. The lowest BCUT2D eigenvalue weighted by atomic mass is 10.3. The highest BCUT2D eigenvalue weighted by Gasteiger charge is 1.99. The quantitative estimate of drug-likeness (QED) is 0.589. The summed E-state index contributed by atoms with van der Waals surface area (Å²) in [6.07, 6.45) is 4.51. The van der Waals surface area contributed by atoms with Crippen LogP contribution in [0, 0.1) is 0 Å². The second-order valence-corrected chi connectivity index (χ2v) is 2.32. The van der Waals surface area contributed by atoms with Gasteiger partial charge in [0.05, 0.1) is 18.4 Å². The summed E-state index contributed by atoms with van der Waals surface area (Å²) in [5, 5.41) is 7.47. The summed E-state index contributed by atoms with van der Waals surface area (Å²) in [4.78, 5) is 10.1. The fourth-order valence-electron chi connectivity index (χ4n) is 0.953. The fraction of sp³-hybridized carbons (Fsp3) is 0.571. The van der Waals surface area contributed by atoms with E-state index in [-0.39, 0.29) is 0 Å². The number of aromatic nitrogens is 3. The van der Waals surface area contributed by atoms with E-state index in [4.69, 9.17) is 0 Å². The van der Waals surface area contributed by atoms with Crippen LogP contribution in [0.2, 0.25) is 0 Å². The molecule has 0 amide bonds. The molecular weight excluding hydrogens is 142 g/mol. The van der Waals surface area contributed by atoms with Crippen LogP contribution in [0.3, 0.4) is 0 Å². The molecule has 0 fully saturated rings. The van der Waals surface area contributed by atoms with Gasteiger partial charge >= 0.3 is 0 Å². The normalized spacial score (nSPS) is 9.91.